The molecule has 0 radical (unpaired) electrons. The van der Waals surface area contributed by atoms with E-state index < -0.39 is 17.3 Å². The Kier molecular flexibility index (Phi) is 5.26. The first kappa shape index (κ1) is 20.3. The third-order valence-electron chi connectivity index (χ3n) is 4.64. The summed E-state index contributed by atoms with van der Waals surface area (Å²) in [6.45, 7) is 0.178. The van der Waals surface area contributed by atoms with Gasteiger partial charge in [0, 0.05) is 18.1 Å². The molecule has 0 aliphatic heterocycles. The number of hydrogen-bond acceptors (Lipinski definition) is 6. The zero-order valence-corrected chi connectivity index (χ0v) is 17.0. The van der Waals surface area contributed by atoms with E-state index in [2.05, 4.69) is 10.2 Å². The molecular weight excluding hydrogens is 424 g/mol. The summed E-state index contributed by atoms with van der Waals surface area (Å²) in [5.41, 5.74) is -0.148. The van der Waals surface area contributed by atoms with Crippen LogP contribution < -0.4 is 5.69 Å². The molecule has 0 saturated heterocycles. The van der Waals surface area contributed by atoms with Crippen LogP contribution in [0, 0.1) is 0 Å². The van der Waals surface area contributed by atoms with Crippen LogP contribution in [0.2, 0.25) is 5.02 Å². The van der Waals surface area contributed by atoms with E-state index in [0.717, 1.165) is 6.07 Å². The largest absolute Gasteiger partial charge is 0.507 e. The lowest BCUT2D eigenvalue weighted by Gasteiger charge is -2.17. The van der Waals surface area contributed by atoms with Gasteiger partial charge in [-0.2, -0.15) is 5.10 Å². The molecule has 9 nitrogen and oxygen atoms in total. The van der Waals surface area contributed by atoms with E-state index in [1.54, 1.807) is 43.4 Å². The Morgan fingerprint density at radius 2 is 2.00 bits per heavy atom. The quantitative estimate of drug-likeness (QED) is 0.438. The second kappa shape index (κ2) is 8.04. The fourth-order valence-electron chi connectivity index (χ4n) is 3.17. The highest BCUT2D eigenvalue weighted by atomic mass is 35.5. The van der Waals surface area contributed by atoms with E-state index >= 15 is 0 Å². The molecule has 3 N–H and O–H groups in total. The monoisotopic (exact) mass is 440 g/mol. The number of rotatable bonds is 5. The lowest BCUT2D eigenvalue weighted by Crippen LogP contribution is -2.26. The average Bonchev–Trinajstić information content (AvgIpc) is 3.37. The van der Waals surface area contributed by atoms with Gasteiger partial charge in [-0.25, -0.2) is 14.5 Å². The minimum absolute atomic E-state index is 0.0486. The van der Waals surface area contributed by atoms with Gasteiger partial charge in [0.05, 0.1) is 29.6 Å². The Balaban J connectivity index is 1.78. The molecule has 4 aromatic rings. The summed E-state index contributed by atoms with van der Waals surface area (Å²) in [5.74, 6) is -0.666. The van der Waals surface area contributed by atoms with Crippen LogP contribution in [0.25, 0.3) is 17.1 Å². The first-order chi connectivity index (χ1) is 14.8. The van der Waals surface area contributed by atoms with Crippen molar-refractivity contribution in [3.63, 3.8) is 0 Å². The molecule has 0 fully saturated rings. The number of phenolic OH excluding ortho intramolecular Hbond substituents is 2. The summed E-state index contributed by atoms with van der Waals surface area (Å²) in [5, 5.41) is 27.5. The van der Waals surface area contributed by atoms with E-state index in [9.17, 15) is 19.8 Å². The number of carbonyl (C=O) groups excluding carboxylic acids is 1. The van der Waals surface area contributed by atoms with E-state index in [-0.39, 0.29) is 29.2 Å². The Morgan fingerprint density at radius 3 is 2.71 bits per heavy atom. The van der Waals surface area contributed by atoms with Gasteiger partial charge in [-0.1, -0.05) is 17.7 Å². The Hall–Kier alpha value is -3.98. The maximum atomic E-state index is 12.9. The molecule has 2 heterocycles. The smallest absolute Gasteiger partial charge is 0.348 e. The molecule has 1 amide bonds. The summed E-state index contributed by atoms with van der Waals surface area (Å²) in [7, 11) is 1.55. The molecule has 0 saturated carbocycles. The van der Waals surface area contributed by atoms with Crippen LogP contribution in [-0.4, -0.2) is 42.8 Å². The number of aromatic hydroxyl groups is 2. The van der Waals surface area contributed by atoms with Crippen LogP contribution in [-0.2, 0) is 6.54 Å². The molecule has 0 spiro atoms. The van der Waals surface area contributed by atoms with Gasteiger partial charge in [0.15, 0.2) is 5.82 Å². The Labute approximate surface area is 180 Å². The van der Waals surface area contributed by atoms with Crippen LogP contribution in [0.1, 0.15) is 16.1 Å². The van der Waals surface area contributed by atoms with E-state index in [1.165, 1.54) is 21.8 Å². The summed E-state index contributed by atoms with van der Waals surface area (Å²) in [6.07, 6.45) is 1.50. The van der Waals surface area contributed by atoms with Gasteiger partial charge in [0.25, 0.3) is 5.91 Å². The molecule has 0 aliphatic rings. The van der Waals surface area contributed by atoms with Crippen molar-refractivity contribution in [2.75, 3.05) is 7.05 Å². The second-order valence-electron chi connectivity index (χ2n) is 6.79. The normalized spacial score (nSPS) is 10.9. The number of benzene rings is 2. The highest BCUT2D eigenvalue weighted by Gasteiger charge is 2.23. The lowest BCUT2D eigenvalue weighted by molar-refractivity contribution is 0.0772. The van der Waals surface area contributed by atoms with Crippen molar-refractivity contribution < 1.29 is 19.4 Å². The SMILES string of the molecule is CN(Cc1ccco1)C(=O)c1cc(-c2n[nH]c(=O)n2-c2cccc(Cl)c2)c(O)cc1O. The van der Waals surface area contributed by atoms with Gasteiger partial charge >= 0.3 is 5.69 Å². The number of nitrogens with one attached hydrogen (secondary N) is 1. The summed E-state index contributed by atoms with van der Waals surface area (Å²) >= 11 is 6.04. The van der Waals surface area contributed by atoms with Crippen molar-refractivity contribution in [3.8, 4) is 28.6 Å². The van der Waals surface area contributed by atoms with Crippen molar-refractivity contribution in [2.45, 2.75) is 6.54 Å². The number of aromatic amines is 1. The zero-order chi connectivity index (χ0) is 22.1. The number of carbonyl (C=O) groups is 1. The highest BCUT2D eigenvalue weighted by Crippen LogP contribution is 2.35. The molecule has 4 rings (SSSR count). The molecule has 0 unspecified atom stereocenters. The van der Waals surface area contributed by atoms with Crippen molar-refractivity contribution in [1.82, 2.24) is 19.7 Å². The van der Waals surface area contributed by atoms with Gasteiger partial charge < -0.3 is 19.5 Å². The molecule has 158 valence electrons. The van der Waals surface area contributed by atoms with Crippen LogP contribution in [0.3, 0.4) is 0 Å². The Morgan fingerprint density at radius 1 is 1.19 bits per heavy atom. The standard InChI is InChI=1S/C21H17ClN4O5/c1-25(11-14-6-3-7-31-14)20(29)16-9-15(17(27)10-18(16)28)19-23-24-21(30)26(19)13-5-2-4-12(22)8-13/h2-10,27-28H,11H2,1H3,(H,24,30). The van der Waals surface area contributed by atoms with Gasteiger partial charge in [-0.15, -0.1) is 0 Å². The molecular formula is C21H17ClN4O5. The van der Waals surface area contributed by atoms with Crippen LogP contribution in [0.15, 0.2) is 64.0 Å². The molecule has 10 heteroatoms. The fraction of sp³-hybridized carbons (Fsp3) is 0.0952. The number of furan rings is 1. The molecule has 0 bridgehead atoms. The molecule has 0 atom stereocenters. The van der Waals surface area contributed by atoms with Gasteiger partial charge in [-0.05, 0) is 36.4 Å². The van der Waals surface area contributed by atoms with Crippen molar-refractivity contribution in [3.05, 3.63) is 81.6 Å². The van der Waals surface area contributed by atoms with Crippen molar-refractivity contribution >= 4 is 17.5 Å². The third kappa shape index (κ3) is 3.90. The molecule has 2 aromatic carbocycles. The van der Waals surface area contributed by atoms with E-state index in [0.29, 0.717) is 16.5 Å². The first-order valence-corrected chi connectivity index (χ1v) is 9.50. The summed E-state index contributed by atoms with van der Waals surface area (Å²) in [6, 6.07) is 12.3. The predicted octanol–water partition coefficient (Wildman–Crippen LogP) is 3.16. The number of amides is 1. The zero-order valence-electron chi connectivity index (χ0n) is 16.2. The van der Waals surface area contributed by atoms with E-state index in [1.807, 2.05) is 0 Å². The summed E-state index contributed by atoms with van der Waals surface area (Å²) < 4.78 is 6.46. The maximum Gasteiger partial charge on any atom is 0.348 e. The van der Waals surface area contributed by atoms with Crippen molar-refractivity contribution in [1.29, 1.82) is 0 Å². The predicted molar refractivity (Wildman–Crippen MR) is 112 cm³/mol. The maximum absolute atomic E-state index is 12.9. The van der Waals surface area contributed by atoms with Crippen molar-refractivity contribution in [2.24, 2.45) is 0 Å². The number of H-pyrrole nitrogens is 1. The Bertz CT molecular complexity index is 1310. The minimum Gasteiger partial charge on any atom is -0.507 e. The van der Waals surface area contributed by atoms with E-state index in [4.69, 9.17) is 16.0 Å². The molecule has 31 heavy (non-hydrogen) atoms. The topological polar surface area (TPSA) is 125 Å². The van der Waals surface area contributed by atoms with Crippen LogP contribution in [0.5, 0.6) is 11.5 Å². The first-order valence-electron chi connectivity index (χ1n) is 9.12. The number of nitrogens with zero attached hydrogens (tertiary/aromatic N) is 3. The number of phenols is 2. The highest BCUT2D eigenvalue weighted by molar-refractivity contribution is 6.30. The lowest BCUT2D eigenvalue weighted by atomic mass is 10.1. The molecule has 2 aromatic heterocycles. The number of aromatic nitrogens is 3. The van der Waals surface area contributed by atoms with Gasteiger partial charge in [-0.3, -0.25) is 4.79 Å². The van der Waals surface area contributed by atoms with Gasteiger partial charge in [0.1, 0.15) is 17.3 Å². The minimum atomic E-state index is -0.562. The fourth-order valence-corrected chi connectivity index (χ4v) is 3.36. The number of halogens is 1. The van der Waals surface area contributed by atoms with Crippen LogP contribution >= 0.6 is 11.6 Å². The molecule has 0 aliphatic carbocycles. The summed E-state index contributed by atoms with van der Waals surface area (Å²) in [4.78, 5) is 26.7. The average molecular weight is 441 g/mol. The van der Waals surface area contributed by atoms with Gasteiger partial charge in [0.2, 0.25) is 0 Å². The number of hydrogen-bond donors (Lipinski definition) is 3. The van der Waals surface area contributed by atoms with Crippen LogP contribution in [0.4, 0.5) is 0 Å². The third-order valence-corrected chi connectivity index (χ3v) is 4.88. The second-order valence-corrected chi connectivity index (χ2v) is 7.23.